The number of carbonyl (C=O) groups excluding carboxylic acids is 5. The molecule has 7 atom stereocenters. The van der Waals surface area contributed by atoms with Crippen LogP contribution in [0.5, 0.6) is 0 Å². The van der Waals surface area contributed by atoms with E-state index in [1.165, 1.54) is 0 Å². The average Bonchev–Trinajstić information content (AvgIpc) is 3.67. The Labute approximate surface area is 363 Å². The molecule has 4 aromatic rings. The number of nitrogens with one attached hydrogen (secondary N) is 6. The number of amides is 5. The van der Waals surface area contributed by atoms with Crippen molar-refractivity contribution >= 4 is 52.6 Å². The number of nitrogens with zero attached hydrogens (tertiary/aromatic N) is 1. The number of carbonyl (C=O) groups is 6. The lowest BCUT2D eigenvalue weighted by atomic mass is 9.94. The third kappa shape index (κ3) is 14.6. The monoisotopic (exact) mass is 851 g/mol. The first-order valence-corrected chi connectivity index (χ1v) is 21.2. The molecule has 0 radical (unpaired) electrons. The molecule has 5 amide bonds. The number of para-hydroxylation sites is 1. The minimum atomic E-state index is -1.29. The molecule has 1 aromatic heterocycles. The third-order valence-electron chi connectivity index (χ3n) is 10.9. The summed E-state index contributed by atoms with van der Waals surface area (Å²) in [5.41, 5.74) is 3.14. The minimum absolute atomic E-state index is 0.00476. The number of rotatable bonds is 24. The lowest BCUT2D eigenvalue weighted by Crippen LogP contribution is -2.61. The van der Waals surface area contributed by atoms with E-state index in [4.69, 9.17) is 4.84 Å². The maximum Gasteiger partial charge on any atom is 0.326 e. The van der Waals surface area contributed by atoms with Gasteiger partial charge in [0.05, 0.1) is 0 Å². The molecule has 7 N–H and O–H groups in total. The second kappa shape index (κ2) is 24.1. The molecule has 0 aliphatic carbocycles. The number of hydrogen-bond donors (Lipinski definition) is 7. The number of carboxylic acids is 1. The van der Waals surface area contributed by atoms with Crippen LogP contribution in [0.4, 0.5) is 0 Å². The van der Waals surface area contributed by atoms with Crippen LogP contribution in [0, 0.1) is 17.8 Å². The van der Waals surface area contributed by atoms with Crippen LogP contribution in [-0.2, 0) is 53.1 Å². The fourth-order valence-corrected chi connectivity index (χ4v) is 6.90. The van der Waals surface area contributed by atoms with Crippen molar-refractivity contribution in [3.8, 4) is 0 Å². The normalized spacial score (nSPS) is 14.8. The van der Waals surface area contributed by atoms with Crippen molar-refractivity contribution in [1.82, 2.24) is 31.6 Å². The number of oxime groups is 1. The predicted octanol–water partition coefficient (Wildman–Crippen LogP) is 4.80. The number of hydrogen-bond acceptors (Lipinski definition) is 8. The lowest BCUT2D eigenvalue weighted by molar-refractivity contribution is -0.142. The highest BCUT2D eigenvalue weighted by molar-refractivity contribution is 6.26. The van der Waals surface area contributed by atoms with E-state index in [-0.39, 0.29) is 31.8 Å². The zero-order chi connectivity index (χ0) is 45.2. The summed E-state index contributed by atoms with van der Waals surface area (Å²) in [6.45, 7) is 11.2. The molecule has 0 bridgehead atoms. The standard InChI is InChI=1S/C47H61N7O8/c1-7-30(5)41(45(58)52-39(47(60)61)25-34-26-48-36-22-16-15-21-35(34)36)54-46(59)42(31(6)8-2)53-44(57)38(24-32-17-11-9-12-18-32)51-43(56)37(23-29(3)4)50-40(55)27-49-62-28-33-19-13-10-14-20-33/h9-22,26-27,29-31,37-39,41-42,48H,7-8,23-25,28H2,1-6H3,(H,50,55)(H,51,56)(H,52,58)(H,53,57)(H,54,59)(H,60,61)/b49-27+/t30-,31-,37-,38-,39-,41-,42-/m0/s1. The van der Waals surface area contributed by atoms with Crippen LogP contribution in [0.25, 0.3) is 10.9 Å². The Morgan fingerprint density at radius 2 is 1.18 bits per heavy atom. The van der Waals surface area contributed by atoms with E-state index >= 15 is 0 Å². The van der Waals surface area contributed by atoms with E-state index in [1.54, 1.807) is 32.2 Å². The van der Waals surface area contributed by atoms with E-state index < -0.39 is 77.6 Å². The minimum Gasteiger partial charge on any atom is -0.480 e. The number of fused-ring (bicyclic) bond motifs is 1. The first-order valence-electron chi connectivity index (χ1n) is 21.2. The summed E-state index contributed by atoms with van der Waals surface area (Å²) in [5, 5.41) is 28.5. The zero-order valence-corrected chi connectivity index (χ0v) is 36.4. The molecule has 15 heteroatoms. The van der Waals surface area contributed by atoms with Gasteiger partial charge in [-0.25, -0.2) is 4.79 Å². The Hall–Kier alpha value is -6.51. The summed E-state index contributed by atoms with van der Waals surface area (Å²) in [4.78, 5) is 90.0. The van der Waals surface area contributed by atoms with Gasteiger partial charge in [0.1, 0.15) is 43.0 Å². The molecule has 0 unspecified atom stereocenters. The van der Waals surface area contributed by atoms with Crippen LogP contribution < -0.4 is 26.6 Å². The van der Waals surface area contributed by atoms with Gasteiger partial charge in [-0.2, -0.15) is 0 Å². The molecule has 0 saturated heterocycles. The van der Waals surface area contributed by atoms with Crippen molar-refractivity contribution < 1.29 is 38.7 Å². The largest absolute Gasteiger partial charge is 0.480 e. The van der Waals surface area contributed by atoms with Gasteiger partial charge < -0.3 is 41.5 Å². The van der Waals surface area contributed by atoms with Gasteiger partial charge in [-0.1, -0.05) is 138 Å². The fourth-order valence-electron chi connectivity index (χ4n) is 6.90. The van der Waals surface area contributed by atoms with E-state index in [9.17, 15) is 33.9 Å². The molecule has 4 rings (SSSR count). The van der Waals surface area contributed by atoms with Gasteiger partial charge >= 0.3 is 5.97 Å². The molecular weight excluding hydrogens is 791 g/mol. The van der Waals surface area contributed by atoms with Crippen molar-refractivity contribution in [2.45, 2.75) is 110 Å². The maximum absolute atomic E-state index is 14.3. The Morgan fingerprint density at radius 1 is 0.645 bits per heavy atom. The van der Waals surface area contributed by atoms with E-state index in [0.29, 0.717) is 18.4 Å². The molecule has 332 valence electrons. The summed E-state index contributed by atoms with van der Waals surface area (Å²) in [7, 11) is 0. The molecular formula is C47H61N7O8. The van der Waals surface area contributed by atoms with Crippen molar-refractivity contribution in [2.75, 3.05) is 0 Å². The molecule has 0 saturated carbocycles. The summed E-state index contributed by atoms with van der Waals surface area (Å²) >= 11 is 0. The Bertz CT molecular complexity index is 2120. The summed E-state index contributed by atoms with van der Waals surface area (Å²) in [6.07, 6.45) is 3.93. The Kier molecular flexibility index (Phi) is 18.7. The van der Waals surface area contributed by atoms with Gasteiger partial charge in [0.25, 0.3) is 5.91 Å². The Balaban J connectivity index is 1.50. The summed E-state index contributed by atoms with van der Waals surface area (Å²) in [5.74, 6) is -5.31. The summed E-state index contributed by atoms with van der Waals surface area (Å²) < 4.78 is 0. The van der Waals surface area contributed by atoms with Gasteiger partial charge in [0.15, 0.2) is 0 Å². The van der Waals surface area contributed by atoms with Crippen LogP contribution in [0.2, 0.25) is 0 Å². The first-order chi connectivity index (χ1) is 29.7. The third-order valence-corrected chi connectivity index (χ3v) is 10.9. The molecule has 0 spiro atoms. The molecule has 1 heterocycles. The van der Waals surface area contributed by atoms with E-state index in [0.717, 1.165) is 28.2 Å². The van der Waals surface area contributed by atoms with Crippen molar-refractivity contribution in [1.29, 1.82) is 0 Å². The first kappa shape index (κ1) is 48.2. The molecule has 0 aliphatic heterocycles. The van der Waals surface area contributed by atoms with Gasteiger partial charge in [0.2, 0.25) is 23.6 Å². The quantitative estimate of drug-likeness (QED) is 0.0383. The van der Waals surface area contributed by atoms with Crippen LogP contribution in [0.3, 0.4) is 0 Å². The smallest absolute Gasteiger partial charge is 0.326 e. The highest BCUT2D eigenvalue weighted by atomic mass is 16.6. The highest BCUT2D eigenvalue weighted by Gasteiger charge is 2.36. The number of aromatic nitrogens is 1. The average molecular weight is 852 g/mol. The predicted molar refractivity (Wildman–Crippen MR) is 238 cm³/mol. The van der Waals surface area contributed by atoms with E-state index in [1.807, 2.05) is 100 Å². The van der Waals surface area contributed by atoms with Crippen molar-refractivity contribution in [3.63, 3.8) is 0 Å². The SMILES string of the molecule is CC[C@H](C)[C@H](NC(=O)[C@H](Cc1ccccc1)NC(=O)[C@H](CC(C)C)NC(=O)/C=N/OCc1ccccc1)C(=O)N[C@H](C(=O)N[C@@H](Cc1c[nH]c2ccccc12)C(=O)O)[C@@H](C)CC. The topological polar surface area (TPSA) is 220 Å². The maximum atomic E-state index is 14.3. The number of benzene rings is 3. The molecule has 0 fully saturated rings. The van der Waals surface area contributed by atoms with Crippen LogP contribution in [0.15, 0.2) is 96.3 Å². The summed E-state index contributed by atoms with van der Waals surface area (Å²) in [6, 6.07) is 20.0. The highest BCUT2D eigenvalue weighted by Crippen LogP contribution is 2.20. The number of H-pyrrole nitrogens is 1. The second-order valence-electron chi connectivity index (χ2n) is 16.1. The fraction of sp³-hybridized carbons (Fsp3) is 0.426. The lowest BCUT2D eigenvalue weighted by Gasteiger charge is -2.31. The van der Waals surface area contributed by atoms with Crippen molar-refractivity contribution in [3.05, 3.63) is 108 Å². The molecule has 15 nitrogen and oxygen atoms in total. The van der Waals surface area contributed by atoms with Gasteiger partial charge in [-0.05, 0) is 46.9 Å². The number of aliphatic carboxylic acids is 1. The second-order valence-corrected chi connectivity index (χ2v) is 16.1. The van der Waals surface area contributed by atoms with Crippen LogP contribution in [0.1, 0.15) is 77.5 Å². The number of aromatic amines is 1. The van der Waals surface area contributed by atoms with Crippen LogP contribution in [-0.4, -0.2) is 82.0 Å². The van der Waals surface area contributed by atoms with Gasteiger partial charge in [0, 0.05) is 29.9 Å². The number of carboxylic acid groups (broad SMARTS) is 1. The molecule has 62 heavy (non-hydrogen) atoms. The Morgan fingerprint density at radius 3 is 1.77 bits per heavy atom. The van der Waals surface area contributed by atoms with Crippen molar-refractivity contribution in [2.24, 2.45) is 22.9 Å². The molecule has 0 aliphatic rings. The van der Waals surface area contributed by atoms with Crippen LogP contribution >= 0.6 is 0 Å². The van der Waals surface area contributed by atoms with Gasteiger partial charge in [-0.3, -0.25) is 24.0 Å². The van der Waals surface area contributed by atoms with E-state index in [2.05, 4.69) is 36.7 Å². The zero-order valence-electron chi connectivity index (χ0n) is 36.4. The molecule has 3 aromatic carbocycles. The van der Waals surface area contributed by atoms with Gasteiger partial charge in [-0.15, -0.1) is 0 Å².